The summed E-state index contributed by atoms with van der Waals surface area (Å²) in [7, 11) is 0. The smallest absolute Gasteiger partial charge is 0.338 e. The lowest BCUT2D eigenvalue weighted by molar-refractivity contribution is -0.384. The molecule has 1 aromatic heterocycles. The van der Waals surface area contributed by atoms with Crippen molar-refractivity contribution in [2.75, 3.05) is 0 Å². The molecule has 0 spiro atoms. The normalized spacial score (nSPS) is 10.1. The number of hydrogen-bond donors (Lipinski definition) is 1. The van der Waals surface area contributed by atoms with Crippen LogP contribution in [0.3, 0.4) is 0 Å². The van der Waals surface area contributed by atoms with E-state index in [0.717, 1.165) is 0 Å². The number of nitro groups is 1. The van der Waals surface area contributed by atoms with E-state index in [2.05, 4.69) is 0 Å². The number of nitrogens with zero attached hydrogens (tertiary/aromatic N) is 2. The predicted octanol–water partition coefficient (Wildman–Crippen LogP) is 2.08. The summed E-state index contributed by atoms with van der Waals surface area (Å²) in [5, 5.41) is 19.9. The molecule has 6 heteroatoms. The molecule has 0 radical (unpaired) electrons. The van der Waals surface area contributed by atoms with Crippen LogP contribution in [0, 0.1) is 10.1 Å². The predicted molar refractivity (Wildman–Crippen MR) is 59.4 cm³/mol. The third-order valence-electron chi connectivity index (χ3n) is 2.30. The average Bonchev–Trinajstić information content (AvgIpc) is 2.80. The van der Waals surface area contributed by atoms with Gasteiger partial charge in [0.1, 0.15) is 5.69 Å². The van der Waals surface area contributed by atoms with Gasteiger partial charge in [0.05, 0.1) is 10.5 Å². The highest BCUT2D eigenvalue weighted by Crippen LogP contribution is 2.26. The fourth-order valence-electron chi connectivity index (χ4n) is 1.61. The van der Waals surface area contributed by atoms with Crippen molar-refractivity contribution in [2.45, 2.75) is 0 Å². The van der Waals surface area contributed by atoms with Crippen LogP contribution >= 0.6 is 0 Å². The number of carboxylic acid groups (broad SMARTS) is 1. The second kappa shape index (κ2) is 4.09. The van der Waals surface area contributed by atoms with Crippen molar-refractivity contribution in [3.05, 3.63) is 58.4 Å². The van der Waals surface area contributed by atoms with Crippen molar-refractivity contribution < 1.29 is 14.8 Å². The Labute approximate surface area is 95.9 Å². The van der Waals surface area contributed by atoms with Gasteiger partial charge in [0.25, 0.3) is 5.69 Å². The second-order valence-corrected chi connectivity index (χ2v) is 3.33. The van der Waals surface area contributed by atoms with Crippen LogP contribution < -0.4 is 0 Å². The number of nitro benzene ring substituents is 1. The zero-order chi connectivity index (χ0) is 12.4. The molecule has 0 saturated heterocycles. The fourth-order valence-corrected chi connectivity index (χ4v) is 1.61. The first-order valence-electron chi connectivity index (χ1n) is 4.75. The summed E-state index contributed by atoms with van der Waals surface area (Å²) in [4.78, 5) is 21.4. The SMILES string of the molecule is O=C(O)c1cccc([N+](=O)[O-])c1-n1cccc1. The van der Waals surface area contributed by atoms with E-state index in [9.17, 15) is 14.9 Å². The number of para-hydroxylation sites is 1. The number of carboxylic acids is 1. The molecule has 2 rings (SSSR count). The molecule has 1 N–H and O–H groups in total. The lowest BCUT2D eigenvalue weighted by Crippen LogP contribution is -2.07. The molecular formula is C11H8N2O4. The van der Waals surface area contributed by atoms with Crippen LogP contribution in [-0.2, 0) is 0 Å². The standard InChI is InChI=1S/C11H8N2O4/c14-11(15)8-4-3-5-9(13(16)17)10(8)12-6-1-2-7-12/h1-7H,(H,14,15). The molecule has 17 heavy (non-hydrogen) atoms. The highest BCUT2D eigenvalue weighted by Gasteiger charge is 2.22. The van der Waals surface area contributed by atoms with Crippen LogP contribution in [0.4, 0.5) is 5.69 Å². The molecule has 0 atom stereocenters. The first kappa shape index (κ1) is 10.9. The number of aromatic nitrogens is 1. The molecule has 0 aliphatic heterocycles. The Morgan fingerprint density at radius 3 is 2.41 bits per heavy atom. The number of carbonyl (C=O) groups is 1. The zero-order valence-corrected chi connectivity index (χ0v) is 8.61. The summed E-state index contributed by atoms with van der Waals surface area (Å²) in [6.45, 7) is 0. The summed E-state index contributed by atoms with van der Waals surface area (Å²) in [6.07, 6.45) is 3.13. The molecule has 0 amide bonds. The third-order valence-corrected chi connectivity index (χ3v) is 2.30. The number of aromatic carboxylic acids is 1. The van der Waals surface area contributed by atoms with Gasteiger partial charge < -0.3 is 9.67 Å². The molecule has 0 saturated carbocycles. The molecular weight excluding hydrogens is 224 g/mol. The Hall–Kier alpha value is -2.63. The monoisotopic (exact) mass is 232 g/mol. The van der Waals surface area contributed by atoms with Gasteiger partial charge in [-0.2, -0.15) is 0 Å². The maximum Gasteiger partial charge on any atom is 0.338 e. The molecule has 0 aliphatic carbocycles. The summed E-state index contributed by atoms with van der Waals surface area (Å²) >= 11 is 0. The van der Waals surface area contributed by atoms with Crippen LogP contribution in [0.5, 0.6) is 0 Å². The topological polar surface area (TPSA) is 85.4 Å². The highest BCUT2D eigenvalue weighted by molar-refractivity contribution is 5.94. The van der Waals surface area contributed by atoms with Gasteiger partial charge in [0.15, 0.2) is 0 Å². The van der Waals surface area contributed by atoms with E-state index < -0.39 is 10.9 Å². The largest absolute Gasteiger partial charge is 0.478 e. The van der Waals surface area contributed by atoms with Gasteiger partial charge in [-0.1, -0.05) is 6.07 Å². The first-order valence-corrected chi connectivity index (χ1v) is 4.75. The van der Waals surface area contributed by atoms with Gasteiger partial charge in [-0.25, -0.2) is 4.79 Å². The maximum absolute atomic E-state index is 11.1. The van der Waals surface area contributed by atoms with E-state index in [1.807, 2.05) is 0 Å². The third kappa shape index (κ3) is 1.87. The van der Waals surface area contributed by atoms with Crippen molar-refractivity contribution in [1.29, 1.82) is 0 Å². The second-order valence-electron chi connectivity index (χ2n) is 3.33. The highest BCUT2D eigenvalue weighted by atomic mass is 16.6. The average molecular weight is 232 g/mol. The van der Waals surface area contributed by atoms with E-state index >= 15 is 0 Å². The summed E-state index contributed by atoms with van der Waals surface area (Å²) in [5.41, 5.74) is -0.272. The minimum Gasteiger partial charge on any atom is -0.478 e. The van der Waals surface area contributed by atoms with Gasteiger partial charge in [-0.15, -0.1) is 0 Å². The van der Waals surface area contributed by atoms with Gasteiger partial charge in [-0.3, -0.25) is 10.1 Å². The molecule has 1 heterocycles. The number of rotatable bonds is 3. The molecule has 0 unspecified atom stereocenters. The van der Waals surface area contributed by atoms with Crippen molar-refractivity contribution in [2.24, 2.45) is 0 Å². The molecule has 86 valence electrons. The fraction of sp³-hybridized carbons (Fsp3) is 0. The summed E-state index contributed by atoms with van der Waals surface area (Å²) in [5.74, 6) is -1.20. The van der Waals surface area contributed by atoms with Gasteiger partial charge >= 0.3 is 5.97 Å². The Morgan fingerprint density at radius 1 is 1.24 bits per heavy atom. The van der Waals surface area contributed by atoms with Crippen LogP contribution in [0.15, 0.2) is 42.7 Å². The van der Waals surface area contributed by atoms with Crippen LogP contribution in [0.2, 0.25) is 0 Å². The van der Waals surface area contributed by atoms with Crippen molar-refractivity contribution in [3.63, 3.8) is 0 Å². The number of hydrogen-bond acceptors (Lipinski definition) is 3. The summed E-state index contributed by atoms with van der Waals surface area (Å²) in [6, 6.07) is 7.31. The Balaban J connectivity index is 2.76. The van der Waals surface area contributed by atoms with E-state index in [4.69, 9.17) is 5.11 Å². The lowest BCUT2D eigenvalue weighted by Gasteiger charge is -2.07. The van der Waals surface area contributed by atoms with Crippen LogP contribution in [0.25, 0.3) is 5.69 Å². The molecule has 6 nitrogen and oxygen atoms in total. The van der Waals surface area contributed by atoms with E-state index in [1.165, 1.54) is 22.8 Å². The molecule has 0 aliphatic rings. The molecule has 0 fully saturated rings. The molecule has 0 bridgehead atoms. The lowest BCUT2D eigenvalue weighted by atomic mass is 10.1. The quantitative estimate of drug-likeness (QED) is 0.648. The van der Waals surface area contributed by atoms with Crippen LogP contribution in [-0.4, -0.2) is 20.6 Å². The van der Waals surface area contributed by atoms with Gasteiger partial charge in [0, 0.05) is 18.5 Å². The van der Waals surface area contributed by atoms with Crippen molar-refractivity contribution >= 4 is 11.7 Å². The van der Waals surface area contributed by atoms with Crippen molar-refractivity contribution in [1.82, 2.24) is 4.57 Å². The summed E-state index contributed by atoms with van der Waals surface area (Å²) < 4.78 is 1.42. The van der Waals surface area contributed by atoms with Gasteiger partial charge in [0.2, 0.25) is 0 Å². The minimum absolute atomic E-state index is 0.0648. The van der Waals surface area contributed by atoms with Gasteiger partial charge in [-0.05, 0) is 18.2 Å². The Bertz CT molecular complexity index is 543. The Morgan fingerprint density at radius 2 is 1.88 bits per heavy atom. The number of benzene rings is 1. The van der Waals surface area contributed by atoms with Crippen LogP contribution in [0.1, 0.15) is 10.4 Å². The zero-order valence-electron chi connectivity index (χ0n) is 8.61. The molecule has 1 aromatic carbocycles. The van der Waals surface area contributed by atoms with E-state index in [-0.39, 0.29) is 16.9 Å². The van der Waals surface area contributed by atoms with E-state index in [0.29, 0.717) is 0 Å². The van der Waals surface area contributed by atoms with E-state index in [1.54, 1.807) is 24.5 Å². The Kier molecular flexibility index (Phi) is 2.61. The van der Waals surface area contributed by atoms with Crippen molar-refractivity contribution in [3.8, 4) is 5.69 Å². The minimum atomic E-state index is -1.20. The maximum atomic E-state index is 11.1. The first-order chi connectivity index (χ1) is 8.11. The molecule has 2 aromatic rings.